The Hall–Kier alpha value is -2.20. The van der Waals surface area contributed by atoms with Crippen molar-refractivity contribution in [1.82, 2.24) is 15.1 Å². The van der Waals surface area contributed by atoms with Crippen LogP contribution in [0.5, 0.6) is 0 Å². The quantitative estimate of drug-likeness (QED) is 0.498. The SMILES string of the molecule is Cn1nc(Cl)c(C(=O)C(C#N)=C2NC(c3ccccc3)=CS2)c1Cl. The zero-order chi connectivity index (χ0) is 17.3. The van der Waals surface area contributed by atoms with Crippen LogP contribution in [-0.2, 0) is 7.05 Å². The number of nitrogens with one attached hydrogen (secondary N) is 1. The number of nitrogens with zero attached hydrogens (tertiary/aromatic N) is 3. The van der Waals surface area contributed by atoms with Gasteiger partial charge in [0.25, 0.3) is 0 Å². The van der Waals surface area contributed by atoms with Crippen LogP contribution in [0.25, 0.3) is 5.70 Å². The molecule has 2 aromatic rings. The molecule has 0 radical (unpaired) electrons. The number of nitriles is 1. The summed E-state index contributed by atoms with van der Waals surface area (Å²) in [6.07, 6.45) is 0. The predicted octanol–water partition coefficient (Wildman–Crippen LogP) is 3.98. The number of halogens is 2. The summed E-state index contributed by atoms with van der Waals surface area (Å²) in [5.74, 6) is -0.557. The zero-order valence-electron chi connectivity index (χ0n) is 12.4. The summed E-state index contributed by atoms with van der Waals surface area (Å²) in [4.78, 5) is 12.7. The van der Waals surface area contributed by atoms with E-state index in [0.717, 1.165) is 11.3 Å². The van der Waals surface area contributed by atoms with E-state index < -0.39 is 5.78 Å². The van der Waals surface area contributed by atoms with E-state index in [1.54, 1.807) is 7.05 Å². The smallest absolute Gasteiger partial charge is 0.212 e. The molecule has 1 N–H and O–H groups in total. The lowest BCUT2D eigenvalue weighted by Crippen LogP contribution is -2.12. The van der Waals surface area contributed by atoms with Crippen molar-refractivity contribution >= 4 is 46.4 Å². The number of thioether (sulfide) groups is 1. The maximum atomic E-state index is 12.7. The predicted molar refractivity (Wildman–Crippen MR) is 95.3 cm³/mol. The Morgan fingerprint density at radius 1 is 1.33 bits per heavy atom. The number of allylic oxidation sites excluding steroid dienone is 1. The first-order valence-corrected chi connectivity index (χ1v) is 8.42. The Bertz CT molecular complexity index is 926. The standard InChI is InChI=1S/C16H10Cl2N4OS/c1-22-15(18)12(14(17)21-22)13(23)10(7-19)16-20-11(8-24-16)9-5-3-2-4-6-9/h2-6,8,20H,1H3. The van der Waals surface area contributed by atoms with Crippen molar-refractivity contribution < 1.29 is 4.79 Å². The van der Waals surface area contributed by atoms with Crippen molar-refractivity contribution in [2.75, 3.05) is 0 Å². The third-order valence-corrected chi connectivity index (χ3v) is 4.95. The van der Waals surface area contributed by atoms with Crippen LogP contribution in [0.4, 0.5) is 0 Å². The van der Waals surface area contributed by atoms with Gasteiger partial charge in [-0.3, -0.25) is 9.48 Å². The zero-order valence-corrected chi connectivity index (χ0v) is 14.7. The molecular weight excluding hydrogens is 367 g/mol. The van der Waals surface area contributed by atoms with Gasteiger partial charge in [-0.25, -0.2) is 0 Å². The first kappa shape index (κ1) is 16.7. The number of Topliss-reactive ketones (excluding diaryl/α,β-unsaturated/α-hetero) is 1. The third kappa shape index (κ3) is 2.94. The van der Waals surface area contributed by atoms with E-state index in [1.165, 1.54) is 16.4 Å². The summed E-state index contributed by atoms with van der Waals surface area (Å²) in [6.45, 7) is 0. The minimum absolute atomic E-state index is 0.0277. The molecule has 3 rings (SSSR count). The van der Waals surface area contributed by atoms with Gasteiger partial charge >= 0.3 is 0 Å². The highest BCUT2D eigenvalue weighted by molar-refractivity contribution is 8.06. The normalized spacial score (nSPS) is 15.5. The Balaban J connectivity index is 1.94. The van der Waals surface area contributed by atoms with Crippen molar-refractivity contribution in [3.05, 3.63) is 67.8 Å². The van der Waals surface area contributed by atoms with Gasteiger partial charge in [-0.15, -0.1) is 0 Å². The number of aromatic nitrogens is 2. The summed E-state index contributed by atoms with van der Waals surface area (Å²) in [7, 11) is 1.57. The fraction of sp³-hybridized carbons (Fsp3) is 0.0625. The second kappa shape index (κ2) is 6.73. The molecule has 0 amide bonds. The van der Waals surface area contributed by atoms with Crippen LogP contribution in [0.2, 0.25) is 10.3 Å². The number of rotatable bonds is 3. The van der Waals surface area contributed by atoms with Gasteiger partial charge in [0.05, 0.1) is 16.3 Å². The molecule has 0 saturated carbocycles. The van der Waals surface area contributed by atoms with Crippen molar-refractivity contribution in [2.45, 2.75) is 0 Å². The Morgan fingerprint density at radius 3 is 2.62 bits per heavy atom. The molecule has 0 spiro atoms. The van der Waals surface area contributed by atoms with Crippen LogP contribution in [0.15, 0.2) is 46.3 Å². The van der Waals surface area contributed by atoms with E-state index in [1.807, 2.05) is 41.8 Å². The number of ketones is 1. The molecule has 8 heteroatoms. The summed E-state index contributed by atoms with van der Waals surface area (Å²) in [5, 5.41) is 18.8. The molecule has 5 nitrogen and oxygen atoms in total. The number of hydrogen-bond donors (Lipinski definition) is 1. The van der Waals surface area contributed by atoms with Crippen LogP contribution in [0, 0.1) is 11.3 Å². The van der Waals surface area contributed by atoms with Gasteiger partial charge in [-0.05, 0) is 5.56 Å². The minimum atomic E-state index is -0.557. The molecule has 0 fully saturated rings. The number of benzene rings is 1. The maximum Gasteiger partial charge on any atom is 0.212 e. The molecule has 1 aromatic carbocycles. The van der Waals surface area contributed by atoms with E-state index in [0.29, 0.717) is 5.03 Å². The Kier molecular flexibility index (Phi) is 4.67. The van der Waals surface area contributed by atoms with E-state index in [4.69, 9.17) is 23.2 Å². The second-order valence-electron chi connectivity index (χ2n) is 4.87. The largest absolute Gasteiger partial charge is 0.348 e. The topological polar surface area (TPSA) is 70.7 Å². The van der Waals surface area contributed by atoms with Crippen LogP contribution in [0.3, 0.4) is 0 Å². The van der Waals surface area contributed by atoms with Crippen molar-refractivity contribution in [1.29, 1.82) is 5.26 Å². The molecule has 0 bridgehead atoms. The molecule has 24 heavy (non-hydrogen) atoms. The molecule has 0 unspecified atom stereocenters. The molecule has 1 aliphatic rings. The molecule has 120 valence electrons. The number of carbonyl (C=O) groups is 1. The molecule has 2 heterocycles. The van der Waals surface area contributed by atoms with Crippen molar-refractivity contribution in [3.8, 4) is 6.07 Å². The van der Waals surface area contributed by atoms with E-state index in [2.05, 4.69) is 10.4 Å². The van der Waals surface area contributed by atoms with Crippen LogP contribution >= 0.6 is 35.0 Å². The average Bonchev–Trinajstić information content (AvgIpc) is 3.15. The molecule has 0 atom stereocenters. The number of aryl methyl sites for hydroxylation is 1. The highest BCUT2D eigenvalue weighted by atomic mass is 35.5. The maximum absolute atomic E-state index is 12.7. The highest BCUT2D eigenvalue weighted by Crippen LogP contribution is 2.34. The average molecular weight is 377 g/mol. The fourth-order valence-electron chi connectivity index (χ4n) is 2.17. The number of carbonyl (C=O) groups excluding carboxylic acids is 1. The molecular formula is C16H10Cl2N4OS. The molecule has 1 aliphatic heterocycles. The second-order valence-corrected chi connectivity index (χ2v) is 6.46. The summed E-state index contributed by atoms with van der Waals surface area (Å²) < 4.78 is 1.29. The first-order valence-electron chi connectivity index (χ1n) is 6.79. The van der Waals surface area contributed by atoms with E-state index in [9.17, 15) is 10.1 Å². The van der Waals surface area contributed by atoms with Gasteiger partial charge in [0.2, 0.25) is 5.78 Å². The Labute approximate surface area is 152 Å². The van der Waals surface area contributed by atoms with Gasteiger partial charge in [0.1, 0.15) is 16.8 Å². The minimum Gasteiger partial charge on any atom is -0.348 e. The van der Waals surface area contributed by atoms with Gasteiger partial charge in [-0.1, -0.05) is 65.3 Å². The van der Waals surface area contributed by atoms with Gasteiger partial charge in [0.15, 0.2) is 5.15 Å². The summed E-state index contributed by atoms with van der Waals surface area (Å²) in [6, 6.07) is 11.5. The van der Waals surface area contributed by atoms with Gasteiger partial charge < -0.3 is 5.32 Å². The van der Waals surface area contributed by atoms with Crippen molar-refractivity contribution in [3.63, 3.8) is 0 Å². The highest BCUT2D eigenvalue weighted by Gasteiger charge is 2.27. The number of hydrogen-bond acceptors (Lipinski definition) is 5. The van der Waals surface area contributed by atoms with Crippen LogP contribution < -0.4 is 5.32 Å². The van der Waals surface area contributed by atoms with E-state index in [-0.39, 0.29) is 21.4 Å². The monoisotopic (exact) mass is 376 g/mol. The lowest BCUT2D eigenvalue weighted by atomic mass is 10.1. The fourth-order valence-corrected chi connectivity index (χ4v) is 3.57. The lowest BCUT2D eigenvalue weighted by molar-refractivity contribution is 0.103. The first-order chi connectivity index (χ1) is 11.5. The molecule has 0 saturated heterocycles. The van der Waals surface area contributed by atoms with Crippen molar-refractivity contribution in [2.24, 2.45) is 7.05 Å². The molecule has 1 aromatic heterocycles. The van der Waals surface area contributed by atoms with Gasteiger partial charge in [-0.2, -0.15) is 10.4 Å². The Morgan fingerprint density at radius 2 is 2.04 bits per heavy atom. The van der Waals surface area contributed by atoms with E-state index >= 15 is 0 Å². The lowest BCUT2D eigenvalue weighted by Gasteiger charge is -2.07. The van der Waals surface area contributed by atoms with Crippen LogP contribution in [-0.4, -0.2) is 15.6 Å². The van der Waals surface area contributed by atoms with Gasteiger partial charge in [0, 0.05) is 12.5 Å². The van der Waals surface area contributed by atoms with Crippen LogP contribution in [0.1, 0.15) is 15.9 Å². The summed E-state index contributed by atoms with van der Waals surface area (Å²) in [5.41, 5.74) is 1.75. The summed E-state index contributed by atoms with van der Waals surface area (Å²) >= 11 is 13.3. The molecule has 0 aliphatic carbocycles. The third-order valence-electron chi connectivity index (χ3n) is 3.36.